The molecule has 3 N–H and O–H groups in total. The Kier molecular flexibility index (Phi) is 3.71. The number of urea groups is 1. The van der Waals surface area contributed by atoms with Gasteiger partial charge in [-0.2, -0.15) is 0 Å². The van der Waals surface area contributed by atoms with Crippen LogP contribution >= 0.6 is 0 Å². The maximum absolute atomic E-state index is 12.4. The number of benzene rings is 4. The van der Waals surface area contributed by atoms with Gasteiger partial charge < -0.3 is 15.7 Å². The predicted octanol–water partition coefficient (Wildman–Crippen LogP) is 5.34. The number of phenols is 1. The topological polar surface area (TPSA) is 61.4 Å². The van der Waals surface area contributed by atoms with Crippen LogP contribution in [0.4, 0.5) is 16.2 Å². The molecule has 25 heavy (non-hydrogen) atoms. The summed E-state index contributed by atoms with van der Waals surface area (Å²) in [6, 6.07) is 24.1. The molecule has 4 rings (SSSR count). The Labute approximate surface area is 144 Å². The lowest BCUT2D eigenvalue weighted by atomic mass is 10.1. The van der Waals surface area contributed by atoms with E-state index in [1.165, 1.54) is 0 Å². The molecule has 0 aliphatic heterocycles. The van der Waals surface area contributed by atoms with Crippen molar-refractivity contribution in [1.29, 1.82) is 0 Å². The van der Waals surface area contributed by atoms with Gasteiger partial charge in [-0.1, -0.05) is 48.5 Å². The van der Waals surface area contributed by atoms with Crippen LogP contribution in [0, 0.1) is 0 Å². The van der Waals surface area contributed by atoms with E-state index in [2.05, 4.69) is 10.6 Å². The minimum atomic E-state index is -0.328. The van der Waals surface area contributed by atoms with E-state index in [9.17, 15) is 9.90 Å². The van der Waals surface area contributed by atoms with Gasteiger partial charge in [0.05, 0.1) is 5.69 Å². The summed E-state index contributed by atoms with van der Waals surface area (Å²) < 4.78 is 0. The highest BCUT2D eigenvalue weighted by Crippen LogP contribution is 2.27. The fraction of sp³-hybridized carbons (Fsp3) is 0. The Bertz CT molecular complexity index is 1090. The van der Waals surface area contributed by atoms with Gasteiger partial charge in [0.15, 0.2) is 0 Å². The van der Waals surface area contributed by atoms with Crippen LogP contribution in [0.15, 0.2) is 78.9 Å². The molecule has 4 heteroatoms. The van der Waals surface area contributed by atoms with Crippen molar-refractivity contribution in [2.24, 2.45) is 0 Å². The molecule has 2 amide bonds. The molecule has 0 unspecified atom stereocenters. The fourth-order valence-corrected chi connectivity index (χ4v) is 2.92. The lowest BCUT2D eigenvalue weighted by molar-refractivity contribution is 0.262. The number of nitrogens with one attached hydrogen (secondary N) is 2. The molecule has 4 aromatic carbocycles. The summed E-state index contributed by atoms with van der Waals surface area (Å²) in [7, 11) is 0. The van der Waals surface area contributed by atoms with Crippen molar-refractivity contribution < 1.29 is 9.90 Å². The first-order chi connectivity index (χ1) is 12.2. The van der Waals surface area contributed by atoms with Gasteiger partial charge in [-0.25, -0.2) is 4.79 Å². The largest absolute Gasteiger partial charge is 0.508 e. The summed E-state index contributed by atoms with van der Waals surface area (Å²) in [6.45, 7) is 0. The maximum Gasteiger partial charge on any atom is 0.323 e. The van der Waals surface area contributed by atoms with Crippen molar-refractivity contribution >= 4 is 39.0 Å². The number of amides is 2. The van der Waals surface area contributed by atoms with Gasteiger partial charge in [0.2, 0.25) is 0 Å². The number of hydrogen-bond acceptors (Lipinski definition) is 2. The van der Waals surface area contributed by atoms with Crippen LogP contribution in [-0.2, 0) is 0 Å². The SMILES string of the molecule is O=C(Nc1ccc2ccccc2c1)Nc1cccc2ccc(O)cc12. The summed E-state index contributed by atoms with van der Waals surface area (Å²) in [5.41, 5.74) is 1.37. The Morgan fingerprint density at radius 2 is 1.48 bits per heavy atom. The molecule has 0 saturated carbocycles. The molecule has 0 fully saturated rings. The molecule has 0 aromatic heterocycles. The Morgan fingerprint density at radius 3 is 2.36 bits per heavy atom. The van der Waals surface area contributed by atoms with Crippen molar-refractivity contribution in [3.05, 3.63) is 78.9 Å². The van der Waals surface area contributed by atoms with Gasteiger partial charge in [-0.05, 0) is 46.5 Å². The third kappa shape index (κ3) is 3.10. The number of carbonyl (C=O) groups excluding carboxylic acids is 1. The van der Waals surface area contributed by atoms with Crippen molar-refractivity contribution in [3.63, 3.8) is 0 Å². The lowest BCUT2D eigenvalue weighted by Crippen LogP contribution is -2.19. The van der Waals surface area contributed by atoms with E-state index in [4.69, 9.17) is 0 Å². The lowest BCUT2D eigenvalue weighted by Gasteiger charge is -2.11. The molecular formula is C21H16N2O2. The van der Waals surface area contributed by atoms with Gasteiger partial charge in [0, 0.05) is 11.1 Å². The minimum absolute atomic E-state index is 0.164. The zero-order valence-electron chi connectivity index (χ0n) is 13.4. The number of aromatic hydroxyl groups is 1. The van der Waals surface area contributed by atoms with Crippen molar-refractivity contribution in [3.8, 4) is 5.75 Å². The average molecular weight is 328 g/mol. The van der Waals surface area contributed by atoms with E-state index in [0.29, 0.717) is 5.69 Å². The average Bonchev–Trinajstić information content (AvgIpc) is 2.62. The molecule has 122 valence electrons. The van der Waals surface area contributed by atoms with Gasteiger partial charge in [0.25, 0.3) is 0 Å². The van der Waals surface area contributed by atoms with Crippen LogP contribution in [0.3, 0.4) is 0 Å². The molecule has 0 saturated heterocycles. The number of fused-ring (bicyclic) bond motifs is 2. The summed E-state index contributed by atoms with van der Waals surface area (Å²) in [4.78, 5) is 12.4. The molecule has 0 aliphatic carbocycles. The number of anilines is 2. The first-order valence-electron chi connectivity index (χ1n) is 7.98. The third-order valence-electron chi connectivity index (χ3n) is 4.12. The quantitative estimate of drug-likeness (QED) is 0.465. The van der Waals surface area contributed by atoms with Gasteiger partial charge >= 0.3 is 6.03 Å². The Balaban J connectivity index is 1.58. The third-order valence-corrected chi connectivity index (χ3v) is 4.12. The molecular weight excluding hydrogens is 312 g/mol. The highest BCUT2D eigenvalue weighted by molar-refractivity contribution is 6.07. The molecule has 0 radical (unpaired) electrons. The number of hydrogen-bond donors (Lipinski definition) is 3. The zero-order chi connectivity index (χ0) is 17.2. The van der Waals surface area contributed by atoms with Crippen LogP contribution in [0.5, 0.6) is 5.75 Å². The first kappa shape index (κ1) is 15.0. The summed E-state index contributed by atoms with van der Waals surface area (Å²) in [6.07, 6.45) is 0. The Hall–Kier alpha value is -3.53. The number of carbonyl (C=O) groups is 1. The summed E-state index contributed by atoms with van der Waals surface area (Å²) >= 11 is 0. The van der Waals surface area contributed by atoms with Crippen LogP contribution < -0.4 is 10.6 Å². The number of phenolic OH excluding ortho intramolecular Hbond substituents is 1. The van der Waals surface area contributed by atoms with E-state index in [0.717, 1.165) is 27.2 Å². The molecule has 4 nitrogen and oxygen atoms in total. The van der Waals surface area contributed by atoms with E-state index in [1.807, 2.05) is 66.7 Å². The number of rotatable bonds is 2. The maximum atomic E-state index is 12.4. The van der Waals surface area contributed by atoms with Crippen molar-refractivity contribution in [2.45, 2.75) is 0 Å². The van der Waals surface area contributed by atoms with Gasteiger partial charge in [-0.3, -0.25) is 0 Å². The summed E-state index contributed by atoms with van der Waals surface area (Å²) in [5, 5.41) is 19.3. The van der Waals surface area contributed by atoms with Gasteiger partial charge in [-0.15, -0.1) is 0 Å². The Morgan fingerprint density at radius 1 is 0.720 bits per heavy atom. The molecule has 4 aromatic rings. The predicted molar refractivity (Wildman–Crippen MR) is 102 cm³/mol. The van der Waals surface area contributed by atoms with Gasteiger partial charge in [0.1, 0.15) is 5.75 Å². The fourth-order valence-electron chi connectivity index (χ4n) is 2.92. The normalized spacial score (nSPS) is 10.7. The highest BCUT2D eigenvalue weighted by Gasteiger charge is 2.07. The second-order valence-corrected chi connectivity index (χ2v) is 5.85. The van der Waals surface area contributed by atoms with Crippen LogP contribution in [-0.4, -0.2) is 11.1 Å². The van der Waals surface area contributed by atoms with Crippen LogP contribution in [0.2, 0.25) is 0 Å². The van der Waals surface area contributed by atoms with E-state index < -0.39 is 0 Å². The van der Waals surface area contributed by atoms with Crippen molar-refractivity contribution in [2.75, 3.05) is 10.6 Å². The molecule has 0 bridgehead atoms. The molecule has 0 aliphatic rings. The van der Waals surface area contributed by atoms with E-state index in [1.54, 1.807) is 12.1 Å². The smallest absolute Gasteiger partial charge is 0.323 e. The summed E-state index contributed by atoms with van der Waals surface area (Å²) in [5.74, 6) is 0.164. The zero-order valence-corrected chi connectivity index (χ0v) is 13.4. The second kappa shape index (κ2) is 6.17. The first-order valence-corrected chi connectivity index (χ1v) is 7.98. The van der Waals surface area contributed by atoms with E-state index >= 15 is 0 Å². The minimum Gasteiger partial charge on any atom is -0.508 e. The molecule has 0 atom stereocenters. The van der Waals surface area contributed by atoms with Crippen molar-refractivity contribution in [1.82, 2.24) is 0 Å². The molecule has 0 spiro atoms. The molecule has 0 heterocycles. The highest BCUT2D eigenvalue weighted by atomic mass is 16.3. The standard InChI is InChI=1S/C21H16N2O2/c24-18-11-9-15-6-3-7-20(19(15)13-18)23-21(25)22-17-10-8-14-4-1-2-5-16(14)12-17/h1-13,24H,(H2,22,23,25). The van der Waals surface area contributed by atoms with E-state index in [-0.39, 0.29) is 11.8 Å². The monoisotopic (exact) mass is 328 g/mol. The second-order valence-electron chi connectivity index (χ2n) is 5.85. The van der Waals surface area contributed by atoms with Crippen LogP contribution in [0.1, 0.15) is 0 Å². The van der Waals surface area contributed by atoms with Crippen LogP contribution in [0.25, 0.3) is 21.5 Å².